The van der Waals surface area contributed by atoms with Gasteiger partial charge >= 0.3 is 5.97 Å². The third kappa shape index (κ3) is 4.70. The van der Waals surface area contributed by atoms with Crippen LogP contribution in [0.5, 0.6) is 5.75 Å². The maximum absolute atomic E-state index is 12.1. The molecule has 2 rings (SSSR count). The number of aryl methyl sites for hydroxylation is 1. The molecule has 0 heterocycles. The van der Waals surface area contributed by atoms with Gasteiger partial charge in [0.15, 0.2) is 6.61 Å². The van der Waals surface area contributed by atoms with Gasteiger partial charge in [0.2, 0.25) is 0 Å². The van der Waals surface area contributed by atoms with Crippen molar-refractivity contribution < 1.29 is 24.0 Å². The van der Waals surface area contributed by atoms with Crippen LogP contribution in [-0.4, -0.2) is 30.5 Å². The van der Waals surface area contributed by atoms with Gasteiger partial charge in [0.05, 0.1) is 22.7 Å². The number of nitrogens with zero attached hydrogens (tertiary/aromatic N) is 1. The average molecular weight is 379 g/mol. The fourth-order valence-electron chi connectivity index (χ4n) is 2.10. The Morgan fingerprint density at radius 2 is 1.96 bits per heavy atom. The standard InChI is InChI=1S/C17H15ClN2O6/c1-10-3-6-15(25-2)12(7-10)17(22)26-9-16(21)19-14-5-4-11(20(23)24)8-13(14)18/h3-8H,9H2,1-2H3,(H,19,21). The zero-order valence-corrected chi connectivity index (χ0v) is 14.7. The molecule has 0 spiro atoms. The van der Waals surface area contributed by atoms with Crippen molar-refractivity contribution in [1.29, 1.82) is 0 Å². The lowest BCUT2D eigenvalue weighted by Crippen LogP contribution is -2.21. The van der Waals surface area contributed by atoms with E-state index in [4.69, 9.17) is 21.1 Å². The van der Waals surface area contributed by atoms with Crippen molar-refractivity contribution in [2.45, 2.75) is 6.92 Å². The molecule has 0 aliphatic rings. The molecule has 0 bridgehead atoms. The van der Waals surface area contributed by atoms with Crippen molar-refractivity contribution in [3.63, 3.8) is 0 Å². The Kier molecular flexibility index (Phi) is 6.13. The molecule has 0 saturated heterocycles. The number of rotatable bonds is 6. The zero-order valence-electron chi connectivity index (χ0n) is 13.9. The predicted molar refractivity (Wildman–Crippen MR) is 94.7 cm³/mol. The molecule has 0 unspecified atom stereocenters. The summed E-state index contributed by atoms with van der Waals surface area (Å²) >= 11 is 5.89. The first-order valence-corrected chi connectivity index (χ1v) is 7.75. The van der Waals surface area contributed by atoms with Gasteiger partial charge in [0.1, 0.15) is 11.3 Å². The quantitative estimate of drug-likeness (QED) is 0.469. The van der Waals surface area contributed by atoms with Crippen molar-refractivity contribution >= 4 is 34.9 Å². The molecule has 0 atom stereocenters. The van der Waals surface area contributed by atoms with Gasteiger partial charge in [-0.2, -0.15) is 0 Å². The maximum Gasteiger partial charge on any atom is 0.342 e. The van der Waals surface area contributed by atoms with Crippen LogP contribution in [0.15, 0.2) is 36.4 Å². The van der Waals surface area contributed by atoms with Gasteiger partial charge in [-0.1, -0.05) is 23.2 Å². The minimum absolute atomic E-state index is 0.000713. The van der Waals surface area contributed by atoms with Crippen LogP contribution in [0.25, 0.3) is 0 Å². The molecule has 136 valence electrons. The minimum atomic E-state index is -0.713. The van der Waals surface area contributed by atoms with E-state index in [2.05, 4.69) is 5.32 Å². The third-order valence-electron chi connectivity index (χ3n) is 3.35. The minimum Gasteiger partial charge on any atom is -0.496 e. The lowest BCUT2D eigenvalue weighted by atomic mass is 10.1. The van der Waals surface area contributed by atoms with Crippen molar-refractivity contribution in [3.8, 4) is 5.75 Å². The average Bonchev–Trinajstić information content (AvgIpc) is 2.61. The SMILES string of the molecule is COc1ccc(C)cc1C(=O)OCC(=O)Nc1ccc([N+](=O)[O-])cc1Cl. The van der Waals surface area contributed by atoms with E-state index in [9.17, 15) is 19.7 Å². The summed E-state index contributed by atoms with van der Waals surface area (Å²) in [5.41, 5.74) is 1.01. The first kappa shape index (κ1) is 19.2. The normalized spacial score (nSPS) is 10.1. The van der Waals surface area contributed by atoms with Gasteiger partial charge in [-0.25, -0.2) is 4.79 Å². The summed E-state index contributed by atoms with van der Waals surface area (Å²) < 4.78 is 10.1. The number of hydrogen-bond donors (Lipinski definition) is 1. The van der Waals surface area contributed by atoms with Gasteiger partial charge in [-0.3, -0.25) is 14.9 Å². The zero-order chi connectivity index (χ0) is 19.3. The summed E-state index contributed by atoms with van der Waals surface area (Å²) in [6.45, 7) is 1.25. The molecule has 9 heteroatoms. The molecule has 0 fully saturated rings. The molecule has 0 aliphatic carbocycles. The maximum atomic E-state index is 12.1. The molecule has 0 saturated carbocycles. The Balaban J connectivity index is 2.00. The molecule has 26 heavy (non-hydrogen) atoms. The van der Waals surface area contributed by atoms with E-state index in [1.165, 1.54) is 19.2 Å². The Hall–Kier alpha value is -3.13. The van der Waals surface area contributed by atoms with Gasteiger partial charge in [0.25, 0.3) is 11.6 Å². The molecular formula is C17H15ClN2O6. The molecule has 1 amide bonds. The van der Waals surface area contributed by atoms with Crippen molar-refractivity contribution in [3.05, 3.63) is 62.7 Å². The summed E-state index contributed by atoms with van der Waals surface area (Å²) in [5, 5.41) is 13.1. The van der Waals surface area contributed by atoms with Gasteiger partial charge in [0, 0.05) is 12.1 Å². The lowest BCUT2D eigenvalue weighted by Gasteiger charge is -2.10. The van der Waals surface area contributed by atoms with Gasteiger partial charge < -0.3 is 14.8 Å². The smallest absolute Gasteiger partial charge is 0.342 e. The number of halogens is 1. The largest absolute Gasteiger partial charge is 0.496 e. The topological polar surface area (TPSA) is 108 Å². The van der Waals surface area contributed by atoms with Crippen molar-refractivity contribution in [1.82, 2.24) is 0 Å². The van der Waals surface area contributed by atoms with E-state index in [1.807, 2.05) is 0 Å². The summed E-state index contributed by atoms with van der Waals surface area (Å²) in [5.74, 6) is -1.02. The van der Waals surface area contributed by atoms with Gasteiger partial charge in [-0.15, -0.1) is 0 Å². The number of nitro benzene ring substituents is 1. The van der Waals surface area contributed by atoms with Crippen LogP contribution in [0.2, 0.25) is 5.02 Å². The van der Waals surface area contributed by atoms with Crippen LogP contribution >= 0.6 is 11.6 Å². The number of methoxy groups -OCH3 is 1. The summed E-state index contributed by atoms with van der Waals surface area (Å²) in [6, 6.07) is 8.60. The Morgan fingerprint density at radius 3 is 2.58 bits per heavy atom. The summed E-state index contributed by atoms with van der Waals surface area (Å²) in [7, 11) is 1.42. The number of anilines is 1. The van der Waals surface area contributed by atoms with E-state index in [-0.39, 0.29) is 22.0 Å². The fourth-order valence-corrected chi connectivity index (χ4v) is 2.32. The first-order valence-electron chi connectivity index (χ1n) is 7.37. The molecular weight excluding hydrogens is 364 g/mol. The van der Waals surface area contributed by atoms with E-state index in [1.54, 1.807) is 25.1 Å². The van der Waals surface area contributed by atoms with Crippen LogP contribution in [0, 0.1) is 17.0 Å². The second kappa shape index (κ2) is 8.30. The highest BCUT2D eigenvalue weighted by atomic mass is 35.5. The molecule has 0 radical (unpaired) electrons. The van der Waals surface area contributed by atoms with E-state index in [0.29, 0.717) is 5.75 Å². The molecule has 0 aromatic heterocycles. The molecule has 2 aromatic carbocycles. The number of hydrogen-bond acceptors (Lipinski definition) is 6. The highest BCUT2D eigenvalue weighted by molar-refractivity contribution is 6.34. The number of carbonyl (C=O) groups is 2. The number of carbonyl (C=O) groups excluding carboxylic acids is 2. The Labute approximate surface area is 153 Å². The Morgan fingerprint density at radius 1 is 1.23 bits per heavy atom. The number of amides is 1. The molecule has 2 aromatic rings. The number of non-ortho nitro benzene ring substituents is 1. The van der Waals surface area contributed by atoms with Crippen LogP contribution in [0.1, 0.15) is 15.9 Å². The lowest BCUT2D eigenvalue weighted by molar-refractivity contribution is -0.384. The van der Waals surface area contributed by atoms with Crippen LogP contribution in [0.3, 0.4) is 0 Å². The number of nitro groups is 1. The summed E-state index contributed by atoms with van der Waals surface area (Å²) in [4.78, 5) is 34.1. The van der Waals surface area contributed by atoms with Crippen LogP contribution in [0.4, 0.5) is 11.4 Å². The van der Waals surface area contributed by atoms with E-state index < -0.39 is 23.4 Å². The van der Waals surface area contributed by atoms with Gasteiger partial charge in [-0.05, 0) is 25.1 Å². The van der Waals surface area contributed by atoms with E-state index >= 15 is 0 Å². The number of nitrogens with one attached hydrogen (secondary N) is 1. The predicted octanol–water partition coefficient (Wildman–Crippen LogP) is 3.36. The third-order valence-corrected chi connectivity index (χ3v) is 3.66. The number of esters is 1. The van der Waals surface area contributed by atoms with Crippen LogP contribution < -0.4 is 10.1 Å². The summed E-state index contributed by atoms with van der Waals surface area (Å²) in [6.07, 6.45) is 0. The highest BCUT2D eigenvalue weighted by Gasteiger charge is 2.17. The second-order valence-corrected chi connectivity index (χ2v) is 5.66. The number of benzene rings is 2. The van der Waals surface area contributed by atoms with Crippen molar-refractivity contribution in [2.75, 3.05) is 19.0 Å². The highest BCUT2D eigenvalue weighted by Crippen LogP contribution is 2.26. The van der Waals surface area contributed by atoms with E-state index in [0.717, 1.165) is 11.6 Å². The molecule has 1 N–H and O–H groups in total. The fraction of sp³-hybridized carbons (Fsp3) is 0.176. The second-order valence-electron chi connectivity index (χ2n) is 5.25. The monoisotopic (exact) mass is 378 g/mol. The van der Waals surface area contributed by atoms with Crippen LogP contribution in [-0.2, 0) is 9.53 Å². The molecule has 8 nitrogen and oxygen atoms in total. The first-order chi connectivity index (χ1) is 12.3. The Bertz CT molecular complexity index is 868. The van der Waals surface area contributed by atoms with Crippen molar-refractivity contribution in [2.24, 2.45) is 0 Å². The number of ether oxygens (including phenoxy) is 2. The molecule has 0 aliphatic heterocycles.